The molecule has 4 heteroatoms. The van der Waals surface area contributed by atoms with Crippen molar-refractivity contribution >= 4 is 0 Å². The molecule has 0 spiro atoms. The van der Waals surface area contributed by atoms with Gasteiger partial charge in [-0.15, -0.1) is 10.2 Å². The molecule has 1 N–H and O–H groups in total. The molecule has 0 atom stereocenters. The van der Waals surface area contributed by atoms with Gasteiger partial charge in [0.15, 0.2) is 0 Å². The molecule has 94 valence electrons. The molecule has 0 radical (unpaired) electrons. The summed E-state index contributed by atoms with van der Waals surface area (Å²) in [5.41, 5.74) is 0.273. The van der Waals surface area contributed by atoms with E-state index in [1.807, 2.05) is 0 Å². The predicted molar refractivity (Wildman–Crippen MR) is 67.1 cm³/mol. The van der Waals surface area contributed by atoms with Gasteiger partial charge in [-0.05, 0) is 52.1 Å². The zero-order chi connectivity index (χ0) is 11.9. The van der Waals surface area contributed by atoms with Gasteiger partial charge in [0, 0.05) is 11.5 Å². The Labute approximate surface area is 103 Å². The summed E-state index contributed by atoms with van der Waals surface area (Å²) in [4.78, 5) is 0. The minimum atomic E-state index is 0.273. The second-order valence-corrected chi connectivity index (χ2v) is 5.56. The maximum Gasteiger partial charge on any atom is 0.139 e. The molecule has 4 nitrogen and oxygen atoms in total. The SMILES string of the molecule is CCC1(c2nnc(C)n2C2CC2)CCNCC1. The van der Waals surface area contributed by atoms with Crippen molar-refractivity contribution in [3.05, 3.63) is 11.6 Å². The highest BCUT2D eigenvalue weighted by atomic mass is 15.3. The highest BCUT2D eigenvalue weighted by Crippen LogP contribution is 2.42. The summed E-state index contributed by atoms with van der Waals surface area (Å²) < 4.78 is 2.43. The lowest BCUT2D eigenvalue weighted by molar-refractivity contribution is 0.272. The van der Waals surface area contributed by atoms with Crippen LogP contribution in [-0.2, 0) is 5.41 Å². The molecule has 0 unspecified atom stereocenters. The first-order valence-corrected chi connectivity index (χ1v) is 6.89. The average Bonchev–Trinajstić information content (AvgIpc) is 3.13. The number of hydrogen-bond donors (Lipinski definition) is 1. The molecule has 1 aromatic rings. The van der Waals surface area contributed by atoms with Crippen LogP contribution in [0.1, 0.15) is 56.7 Å². The van der Waals surface area contributed by atoms with E-state index in [9.17, 15) is 0 Å². The summed E-state index contributed by atoms with van der Waals surface area (Å²) >= 11 is 0. The minimum absolute atomic E-state index is 0.273. The third-order valence-electron chi connectivity index (χ3n) is 4.49. The van der Waals surface area contributed by atoms with Gasteiger partial charge in [0.25, 0.3) is 0 Å². The largest absolute Gasteiger partial charge is 0.317 e. The van der Waals surface area contributed by atoms with Crippen molar-refractivity contribution < 1.29 is 0 Å². The van der Waals surface area contributed by atoms with E-state index in [2.05, 4.69) is 33.9 Å². The molecule has 1 saturated heterocycles. The van der Waals surface area contributed by atoms with E-state index in [-0.39, 0.29) is 5.41 Å². The molecule has 0 amide bonds. The van der Waals surface area contributed by atoms with Gasteiger partial charge in [0.2, 0.25) is 0 Å². The highest BCUT2D eigenvalue weighted by molar-refractivity contribution is 5.15. The van der Waals surface area contributed by atoms with Crippen LogP contribution in [0.3, 0.4) is 0 Å². The van der Waals surface area contributed by atoms with E-state index < -0.39 is 0 Å². The van der Waals surface area contributed by atoms with Crippen molar-refractivity contribution in [2.24, 2.45) is 0 Å². The van der Waals surface area contributed by atoms with Crippen LogP contribution in [-0.4, -0.2) is 27.9 Å². The molecule has 2 aliphatic rings. The first-order valence-electron chi connectivity index (χ1n) is 6.89. The molecule has 3 rings (SSSR count). The van der Waals surface area contributed by atoms with Crippen LogP contribution in [0, 0.1) is 6.92 Å². The van der Waals surface area contributed by atoms with Crippen LogP contribution >= 0.6 is 0 Å². The fourth-order valence-corrected chi connectivity index (χ4v) is 3.14. The minimum Gasteiger partial charge on any atom is -0.317 e. The number of aryl methyl sites for hydroxylation is 1. The number of hydrogen-bond acceptors (Lipinski definition) is 3. The van der Waals surface area contributed by atoms with E-state index in [0.29, 0.717) is 6.04 Å². The third-order valence-corrected chi connectivity index (χ3v) is 4.49. The molecule has 1 saturated carbocycles. The highest BCUT2D eigenvalue weighted by Gasteiger charge is 2.40. The van der Waals surface area contributed by atoms with E-state index in [4.69, 9.17) is 0 Å². The summed E-state index contributed by atoms with van der Waals surface area (Å²) in [5.74, 6) is 2.37. The third kappa shape index (κ3) is 1.79. The number of rotatable bonds is 3. The van der Waals surface area contributed by atoms with Gasteiger partial charge in [0.1, 0.15) is 11.6 Å². The quantitative estimate of drug-likeness (QED) is 0.869. The number of aromatic nitrogens is 3. The van der Waals surface area contributed by atoms with Crippen molar-refractivity contribution in [2.45, 2.75) is 57.4 Å². The lowest BCUT2D eigenvalue weighted by atomic mass is 9.76. The Bertz CT molecular complexity index is 400. The van der Waals surface area contributed by atoms with Crippen LogP contribution in [0.2, 0.25) is 0 Å². The number of nitrogens with one attached hydrogen (secondary N) is 1. The van der Waals surface area contributed by atoms with E-state index in [0.717, 1.165) is 18.9 Å². The molecule has 1 aliphatic carbocycles. The summed E-state index contributed by atoms with van der Waals surface area (Å²) in [6, 6.07) is 0.693. The van der Waals surface area contributed by atoms with Gasteiger partial charge in [-0.3, -0.25) is 0 Å². The van der Waals surface area contributed by atoms with E-state index >= 15 is 0 Å². The molecule has 0 bridgehead atoms. The molecular weight excluding hydrogens is 212 g/mol. The molecule has 2 heterocycles. The predicted octanol–water partition coefficient (Wildman–Crippen LogP) is 1.95. The Hall–Kier alpha value is -0.900. The molecular formula is C13H22N4. The summed E-state index contributed by atoms with van der Waals surface area (Å²) in [6.07, 6.45) is 6.20. The normalized spacial score (nSPS) is 23.9. The Morgan fingerprint density at radius 1 is 1.29 bits per heavy atom. The van der Waals surface area contributed by atoms with Crippen molar-refractivity contribution in [3.8, 4) is 0 Å². The van der Waals surface area contributed by atoms with Crippen LogP contribution in [0.5, 0.6) is 0 Å². The topological polar surface area (TPSA) is 42.7 Å². The monoisotopic (exact) mass is 234 g/mol. The van der Waals surface area contributed by atoms with Crippen molar-refractivity contribution in [1.29, 1.82) is 0 Å². The van der Waals surface area contributed by atoms with Gasteiger partial charge in [-0.2, -0.15) is 0 Å². The lowest BCUT2D eigenvalue weighted by Crippen LogP contribution is -2.41. The summed E-state index contributed by atoms with van der Waals surface area (Å²) in [7, 11) is 0. The molecule has 1 aromatic heterocycles. The van der Waals surface area contributed by atoms with Crippen molar-refractivity contribution in [1.82, 2.24) is 20.1 Å². The first-order chi connectivity index (χ1) is 8.27. The van der Waals surface area contributed by atoms with Gasteiger partial charge in [-0.1, -0.05) is 6.92 Å². The maximum atomic E-state index is 4.53. The fourth-order valence-electron chi connectivity index (χ4n) is 3.14. The van der Waals surface area contributed by atoms with Crippen molar-refractivity contribution in [3.63, 3.8) is 0 Å². The molecule has 2 fully saturated rings. The van der Waals surface area contributed by atoms with Gasteiger partial charge < -0.3 is 9.88 Å². The Balaban J connectivity index is 2.00. The van der Waals surface area contributed by atoms with E-state index in [1.165, 1.54) is 37.9 Å². The van der Waals surface area contributed by atoms with Gasteiger partial charge in [0.05, 0.1) is 0 Å². The standard InChI is InChI=1S/C13H22N4/c1-3-13(6-8-14-9-7-13)12-16-15-10(2)17(12)11-4-5-11/h11,14H,3-9H2,1-2H3. The molecule has 0 aromatic carbocycles. The summed E-state index contributed by atoms with van der Waals surface area (Å²) in [6.45, 7) is 6.63. The summed E-state index contributed by atoms with van der Waals surface area (Å²) in [5, 5.41) is 12.3. The Kier molecular flexibility index (Phi) is 2.69. The number of piperidine rings is 1. The smallest absolute Gasteiger partial charge is 0.139 e. The van der Waals surface area contributed by atoms with Crippen LogP contribution in [0.4, 0.5) is 0 Å². The molecule has 1 aliphatic heterocycles. The van der Waals surface area contributed by atoms with Crippen LogP contribution in [0.25, 0.3) is 0 Å². The van der Waals surface area contributed by atoms with Gasteiger partial charge >= 0.3 is 0 Å². The van der Waals surface area contributed by atoms with E-state index in [1.54, 1.807) is 0 Å². The number of nitrogens with zero attached hydrogens (tertiary/aromatic N) is 3. The fraction of sp³-hybridized carbons (Fsp3) is 0.846. The van der Waals surface area contributed by atoms with Gasteiger partial charge in [-0.25, -0.2) is 0 Å². The molecule has 17 heavy (non-hydrogen) atoms. The van der Waals surface area contributed by atoms with Crippen LogP contribution in [0.15, 0.2) is 0 Å². The van der Waals surface area contributed by atoms with Crippen molar-refractivity contribution in [2.75, 3.05) is 13.1 Å². The Morgan fingerprint density at radius 2 is 2.00 bits per heavy atom. The zero-order valence-corrected chi connectivity index (χ0v) is 10.9. The first kappa shape index (κ1) is 11.2. The Morgan fingerprint density at radius 3 is 2.59 bits per heavy atom. The zero-order valence-electron chi connectivity index (χ0n) is 10.9. The second kappa shape index (κ2) is 4.09. The average molecular weight is 234 g/mol. The second-order valence-electron chi connectivity index (χ2n) is 5.56. The maximum absolute atomic E-state index is 4.53. The lowest BCUT2D eigenvalue weighted by Gasteiger charge is -2.36. The van der Waals surface area contributed by atoms with Crippen LogP contribution < -0.4 is 5.32 Å².